The number of unbranched alkanes of at least 4 members (excludes halogenated alkanes) is 2. The van der Waals surface area contributed by atoms with Crippen molar-refractivity contribution in [2.45, 2.75) is 69.2 Å². The maximum atomic E-state index is 12.5. The lowest BCUT2D eigenvalue weighted by Gasteiger charge is -2.48. The number of ether oxygens (including phenoxy) is 3. The molecule has 1 fully saturated rings. The number of esters is 1. The molecule has 0 saturated carbocycles. The molecule has 8 nitrogen and oxygen atoms in total. The van der Waals surface area contributed by atoms with E-state index in [4.69, 9.17) is 14.2 Å². The van der Waals surface area contributed by atoms with Gasteiger partial charge in [0.2, 0.25) is 6.29 Å². The highest BCUT2D eigenvalue weighted by Gasteiger charge is 2.58. The van der Waals surface area contributed by atoms with Crippen molar-refractivity contribution in [3.8, 4) is 5.75 Å². The molecule has 0 aliphatic carbocycles. The number of aliphatic hydroxyl groups excluding tert-OH is 3. The fourth-order valence-corrected chi connectivity index (χ4v) is 4.23. The number of methoxy groups -OCH3 is 1. The van der Waals surface area contributed by atoms with Crippen molar-refractivity contribution in [2.24, 2.45) is 0 Å². The smallest absolute Gasteiger partial charge is 0.308 e. The summed E-state index contributed by atoms with van der Waals surface area (Å²) in [6.07, 6.45) is -3.31. The van der Waals surface area contributed by atoms with Crippen molar-refractivity contribution < 1.29 is 39.4 Å². The Bertz CT molecular complexity index is 931. The number of rotatable bonds is 10. The van der Waals surface area contributed by atoms with Gasteiger partial charge in [0.1, 0.15) is 24.1 Å². The third-order valence-corrected chi connectivity index (χ3v) is 6.22. The van der Waals surface area contributed by atoms with Gasteiger partial charge in [-0.2, -0.15) is 0 Å². The summed E-state index contributed by atoms with van der Waals surface area (Å²) in [5, 5.41) is 43.0. The van der Waals surface area contributed by atoms with Gasteiger partial charge in [0.15, 0.2) is 5.60 Å². The predicted molar refractivity (Wildman–Crippen MR) is 124 cm³/mol. The Morgan fingerprint density at radius 3 is 2.44 bits per heavy atom. The first-order valence-corrected chi connectivity index (χ1v) is 11.6. The van der Waals surface area contributed by atoms with Crippen LogP contribution in [-0.4, -0.2) is 64.7 Å². The second-order valence-electron chi connectivity index (χ2n) is 8.58. The van der Waals surface area contributed by atoms with E-state index < -0.39 is 42.8 Å². The summed E-state index contributed by atoms with van der Waals surface area (Å²) in [7, 11) is 1.58. The Labute approximate surface area is 199 Å². The number of benzene rings is 2. The van der Waals surface area contributed by atoms with Crippen LogP contribution in [0.4, 0.5) is 0 Å². The molecular weight excluding hydrogens is 440 g/mol. The van der Waals surface area contributed by atoms with Crippen LogP contribution in [0.2, 0.25) is 0 Å². The summed E-state index contributed by atoms with van der Waals surface area (Å²) in [6, 6.07) is 14.3. The lowest BCUT2D eigenvalue weighted by atomic mass is 9.78. The van der Waals surface area contributed by atoms with E-state index in [2.05, 4.69) is 0 Å². The molecule has 0 amide bonds. The molecule has 34 heavy (non-hydrogen) atoms. The van der Waals surface area contributed by atoms with Crippen molar-refractivity contribution in [3.05, 3.63) is 65.2 Å². The summed E-state index contributed by atoms with van der Waals surface area (Å²) >= 11 is 0. The van der Waals surface area contributed by atoms with Crippen LogP contribution in [0.15, 0.2) is 48.5 Å². The number of carbonyl (C=O) groups excluding carboxylic acids is 1. The topological polar surface area (TPSA) is 126 Å². The zero-order chi connectivity index (χ0) is 24.7. The van der Waals surface area contributed by atoms with Crippen molar-refractivity contribution in [1.29, 1.82) is 0 Å². The van der Waals surface area contributed by atoms with Crippen LogP contribution in [0.5, 0.6) is 5.75 Å². The molecule has 4 N–H and O–H groups in total. The second kappa shape index (κ2) is 11.8. The minimum absolute atomic E-state index is 0.125. The molecule has 2 aromatic carbocycles. The van der Waals surface area contributed by atoms with Crippen molar-refractivity contribution >= 4 is 5.97 Å². The van der Waals surface area contributed by atoms with Crippen LogP contribution in [0.1, 0.15) is 49.3 Å². The van der Waals surface area contributed by atoms with E-state index in [1.54, 1.807) is 31.4 Å². The van der Waals surface area contributed by atoms with Gasteiger partial charge in [-0.15, -0.1) is 0 Å². The zero-order valence-corrected chi connectivity index (χ0v) is 19.6. The van der Waals surface area contributed by atoms with Gasteiger partial charge in [-0.25, -0.2) is 0 Å². The largest absolute Gasteiger partial charge is 0.497 e. The average molecular weight is 475 g/mol. The van der Waals surface area contributed by atoms with E-state index >= 15 is 0 Å². The number of hydrogen-bond donors (Lipinski definition) is 4. The Kier molecular flexibility index (Phi) is 9.04. The molecule has 8 heteroatoms. The van der Waals surface area contributed by atoms with Crippen LogP contribution in [0.25, 0.3) is 0 Å². The maximum Gasteiger partial charge on any atom is 0.308 e. The lowest BCUT2D eigenvalue weighted by Crippen LogP contribution is -2.65. The van der Waals surface area contributed by atoms with Gasteiger partial charge in [-0.05, 0) is 41.7 Å². The van der Waals surface area contributed by atoms with Gasteiger partial charge < -0.3 is 34.6 Å². The third kappa shape index (κ3) is 5.59. The minimum atomic E-state index is -2.26. The SMILES string of the molecule is CCCCCC(=O)O[C@@H]1O[C@H](CO)[C@@H](O)[C@H](O)[C@]1(O)c1ccccc1Cc1ccc(OC)cc1. The van der Waals surface area contributed by atoms with Gasteiger partial charge in [-0.1, -0.05) is 56.2 Å². The van der Waals surface area contributed by atoms with E-state index in [1.165, 1.54) is 0 Å². The van der Waals surface area contributed by atoms with E-state index in [-0.39, 0.29) is 12.0 Å². The third-order valence-electron chi connectivity index (χ3n) is 6.22. The summed E-state index contributed by atoms with van der Waals surface area (Å²) in [5.74, 6) is 0.116. The Balaban J connectivity index is 1.96. The summed E-state index contributed by atoms with van der Waals surface area (Å²) in [5.41, 5.74) is -0.418. The molecule has 1 aliphatic heterocycles. The van der Waals surface area contributed by atoms with Gasteiger partial charge in [0.05, 0.1) is 13.7 Å². The Morgan fingerprint density at radius 1 is 1.09 bits per heavy atom. The highest BCUT2D eigenvalue weighted by Crippen LogP contribution is 2.41. The first-order chi connectivity index (χ1) is 16.3. The molecular formula is C26H34O8. The summed E-state index contributed by atoms with van der Waals surface area (Å²) in [6.45, 7) is 1.39. The van der Waals surface area contributed by atoms with E-state index in [0.717, 1.165) is 18.4 Å². The molecule has 0 unspecified atom stereocenters. The highest BCUT2D eigenvalue weighted by molar-refractivity contribution is 5.69. The fraction of sp³-hybridized carbons (Fsp3) is 0.500. The molecule has 186 valence electrons. The predicted octanol–water partition coefficient (Wildman–Crippen LogP) is 2.04. The Morgan fingerprint density at radius 2 is 1.79 bits per heavy atom. The van der Waals surface area contributed by atoms with Gasteiger partial charge in [0, 0.05) is 6.42 Å². The quantitative estimate of drug-likeness (QED) is 0.305. The molecule has 1 saturated heterocycles. The summed E-state index contributed by atoms with van der Waals surface area (Å²) < 4.78 is 16.3. The summed E-state index contributed by atoms with van der Waals surface area (Å²) in [4.78, 5) is 12.5. The number of aliphatic hydroxyl groups is 4. The molecule has 0 aromatic heterocycles. The van der Waals surface area contributed by atoms with E-state index in [1.807, 2.05) is 31.2 Å². The van der Waals surface area contributed by atoms with Crippen LogP contribution in [0.3, 0.4) is 0 Å². The first-order valence-electron chi connectivity index (χ1n) is 11.6. The zero-order valence-electron chi connectivity index (χ0n) is 19.6. The van der Waals surface area contributed by atoms with Crippen molar-refractivity contribution in [3.63, 3.8) is 0 Å². The van der Waals surface area contributed by atoms with Crippen molar-refractivity contribution in [2.75, 3.05) is 13.7 Å². The molecule has 1 aliphatic rings. The van der Waals surface area contributed by atoms with Crippen LogP contribution >= 0.6 is 0 Å². The molecule has 5 atom stereocenters. The number of carbonyl (C=O) groups is 1. The van der Waals surface area contributed by atoms with Crippen LogP contribution < -0.4 is 4.74 Å². The molecule has 0 bridgehead atoms. The first kappa shape index (κ1) is 26.1. The van der Waals surface area contributed by atoms with E-state index in [0.29, 0.717) is 24.2 Å². The highest BCUT2D eigenvalue weighted by atomic mass is 16.7. The fourth-order valence-electron chi connectivity index (χ4n) is 4.23. The van der Waals surface area contributed by atoms with Crippen LogP contribution in [-0.2, 0) is 26.3 Å². The van der Waals surface area contributed by atoms with E-state index in [9.17, 15) is 25.2 Å². The lowest BCUT2D eigenvalue weighted by molar-refractivity contribution is -0.338. The van der Waals surface area contributed by atoms with Crippen molar-refractivity contribution in [1.82, 2.24) is 0 Å². The van der Waals surface area contributed by atoms with Crippen LogP contribution in [0, 0.1) is 0 Å². The second-order valence-corrected chi connectivity index (χ2v) is 8.58. The normalized spacial score (nSPS) is 26.8. The van der Waals surface area contributed by atoms with Gasteiger partial charge in [0.25, 0.3) is 0 Å². The monoisotopic (exact) mass is 474 g/mol. The van der Waals surface area contributed by atoms with Gasteiger partial charge in [-0.3, -0.25) is 4.79 Å². The minimum Gasteiger partial charge on any atom is -0.497 e. The molecule has 3 rings (SSSR count). The molecule has 0 spiro atoms. The standard InChI is InChI=1S/C26H34O8/c1-3-4-5-10-22(28)34-25-26(31,24(30)23(29)21(16-27)33-25)20-9-7-6-8-18(20)15-17-11-13-19(32-2)14-12-17/h6-9,11-14,21,23-25,27,29-31H,3-5,10,15-16H2,1-2H3/t21-,23-,24+,25+,26-/m1/s1. The number of hydrogen-bond acceptors (Lipinski definition) is 8. The molecule has 0 radical (unpaired) electrons. The Hall–Kier alpha value is -2.49. The molecule has 2 aromatic rings. The molecule has 1 heterocycles. The average Bonchev–Trinajstić information content (AvgIpc) is 2.85. The maximum absolute atomic E-state index is 12.5. The van der Waals surface area contributed by atoms with Gasteiger partial charge >= 0.3 is 5.97 Å².